The van der Waals surface area contributed by atoms with E-state index in [0.717, 1.165) is 33.2 Å². The summed E-state index contributed by atoms with van der Waals surface area (Å²) >= 11 is 7.54. The van der Waals surface area contributed by atoms with E-state index in [1.54, 1.807) is 6.26 Å². The van der Waals surface area contributed by atoms with Gasteiger partial charge in [-0.3, -0.25) is 4.57 Å². The zero-order valence-electron chi connectivity index (χ0n) is 16.3. The number of fused-ring (bicyclic) bond motifs is 1. The molecule has 0 unspecified atom stereocenters. The first-order valence-corrected chi connectivity index (χ1v) is 10.9. The van der Waals surface area contributed by atoms with E-state index in [4.69, 9.17) is 21.8 Å². The standard InChI is InChI=1S/C22H17ClN6OS/c23-15-9-7-14(8-10-15)21-27-28-22(29(21)12-16-4-3-11-30-16)31-13-19-25-18-6-2-1-5-17(18)20(24)26-19/h1-11H,12-13H2,(H2,24,25,26). The van der Waals surface area contributed by atoms with Gasteiger partial charge in [-0.1, -0.05) is 35.5 Å². The molecule has 5 rings (SSSR count). The quantitative estimate of drug-likeness (QED) is 0.363. The van der Waals surface area contributed by atoms with Gasteiger partial charge in [-0.2, -0.15) is 0 Å². The van der Waals surface area contributed by atoms with E-state index in [1.165, 1.54) is 11.8 Å². The first-order chi connectivity index (χ1) is 15.2. The Balaban J connectivity index is 1.46. The molecule has 9 heteroatoms. The largest absolute Gasteiger partial charge is 0.467 e. The van der Waals surface area contributed by atoms with Crippen LogP contribution in [0.3, 0.4) is 0 Å². The predicted octanol–water partition coefficient (Wildman–Crippen LogP) is 5.06. The Morgan fingerprint density at radius 3 is 2.61 bits per heavy atom. The summed E-state index contributed by atoms with van der Waals surface area (Å²) in [5, 5.41) is 11.1. The van der Waals surface area contributed by atoms with Gasteiger partial charge < -0.3 is 10.2 Å². The smallest absolute Gasteiger partial charge is 0.192 e. The fourth-order valence-corrected chi connectivity index (χ4v) is 4.17. The number of thioether (sulfide) groups is 1. The van der Waals surface area contributed by atoms with Crippen molar-refractivity contribution >= 4 is 40.1 Å². The number of furan rings is 1. The number of nitrogen functional groups attached to an aromatic ring is 1. The molecule has 31 heavy (non-hydrogen) atoms. The molecule has 0 aliphatic carbocycles. The van der Waals surface area contributed by atoms with Crippen molar-refractivity contribution in [3.63, 3.8) is 0 Å². The van der Waals surface area contributed by atoms with Gasteiger partial charge in [0.05, 0.1) is 24.1 Å². The normalized spacial score (nSPS) is 11.3. The lowest BCUT2D eigenvalue weighted by Gasteiger charge is -2.09. The number of para-hydroxylation sites is 1. The lowest BCUT2D eigenvalue weighted by atomic mass is 10.2. The number of benzene rings is 2. The highest BCUT2D eigenvalue weighted by Crippen LogP contribution is 2.28. The first-order valence-electron chi connectivity index (χ1n) is 9.53. The van der Waals surface area contributed by atoms with Gasteiger partial charge in [0.15, 0.2) is 11.0 Å². The summed E-state index contributed by atoms with van der Waals surface area (Å²) in [7, 11) is 0. The monoisotopic (exact) mass is 448 g/mol. The van der Waals surface area contributed by atoms with Crippen LogP contribution in [0.25, 0.3) is 22.3 Å². The van der Waals surface area contributed by atoms with Crippen LogP contribution in [0.2, 0.25) is 5.02 Å². The van der Waals surface area contributed by atoms with Crippen LogP contribution in [0.1, 0.15) is 11.6 Å². The molecular formula is C22H17ClN6OS. The zero-order chi connectivity index (χ0) is 21.2. The van der Waals surface area contributed by atoms with Crippen LogP contribution < -0.4 is 5.73 Å². The van der Waals surface area contributed by atoms with Crippen molar-refractivity contribution in [3.05, 3.63) is 83.5 Å². The molecule has 0 aliphatic rings. The minimum absolute atomic E-state index is 0.472. The number of hydrogen-bond acceptors (Lipinski definition) is 7. The number of nitrogens with two attached hydrogens (primary N) is 1. The van der Waals surface area contributed by atoms with Gasteiger partial charge in [0.1, 0.15) is 17.4 Å². The zero-order valence-corrected chi connectivity index (χ0v) is 17.8. The Kier molecular flexibility index (Phi) is 5.31. The topological polar surface area (TPSA) is 95.7 Å². The molecular weight excluding hydrogens is 432 g/mol. The average Bonchev–Trinajstić information content (AvgIpc) is 3.44. The maximum absolute atomic E-state index is 6.12. The second-order valence-electron chi connectivity index (χ2n) is 6.81. The molecule has 154 valence electrons. The Labute approximate surface area is 187 Å². The van der Waals surface area contributed by atoms with Crippen LogP contribution in [0, 0.1) is 0 Å². The van der Waals surface area contributed by atoms with E-state index in [2.05, 4.69) is 20.2 Å². The van der Waals surface area contributed by atoms with Crippen LogP contribution in [0.4, 0.5) is 5.82 Å². The Morgan fingerprint density at radius 2 is 1.81 bits per heavy atom. The molecule has 0 atom stereocenters. The van der Waals surface area contributed by atoms with E-state index in [0.29, 0.717) is 29.0 Å². The van der Waals surface area contributed by atoms with Gasteiger partial charge in [0, 0.05) is 16.0 Å². The fraction of sp³-hybridized carbons (Fsp3) is 0.0909. The molecule has 2 N–H and O–H groups in total. The second kappa shape index (κ2) is 8.41. The van der Waals surface area contributed by atoms with E-state index in [1.807, 2.05) is 65.2 Å². The molecule has 2 aromatic carbocycles. The van der Waals surface area contributed by atoms with Gasteiger partial charge in [-0.15, -0.1) is 10.2 Å². The van der Waals surface area contributed by atoms with Crippen LogP contribution in [-0.4, -0.2) is 24.7 Å². The van der Waals surface area contributed by atoms with Gasteiger partial charge in [-0.05, 0) is 48.5 Å². The van der Waals surface area contributed by atoms with Crippen molar-refractivity contribution in [3.8, 4) is 11.4 Å². The molecule has 0 radical (unpaired) electrons. The van der Waals surface area contributed by atoms with Crippen molar-refractivity contribution in [1.29, 1.82) is 0 Å². The molecule has 5 aromatic rings. The van der Waals surface area contributed by atoms with Crippen molar-refractivity contribution in [1.82, 2.24) is 24.7 Å². The Hall–Kier alpha value is -3.36. The van der Waals surface area contributed by atoms with Crippen LogP contribution in [0.15, 0.2) is 76.5 Å². The molecule has 0 bridgehead atoms. The lowest BCUT2D eigenvalue weighted by molar-refractivity contribution is 0.485. The molecule has 0 fully saturated rings. The third-order valence-electron chi connectivity index (χ3n) is 4.72. The molecule has 0 spiro atoms. The summed E-state index contributed by atoms with van der Waals surface area (Å²) in [5.74, 6) is 3.16. The number of hydrogen-bond donors (Lipinski definition) is 1. The maximum atomic E-state index is 6.12. The second-order valence-corrected chi connectivity index (χ2v) is 8.19. The number of aromatic nitrogens is 5. The summed E-state index contributed by atoms with van der Waals surface area (Å²) in [5.41, 5.74) is 7.86. The van der Waals surface area contributed by atoms with E-state index >= 15 is 0 Å². The van der Waals surface area contributed by atoms with Crippen LogP contribution in [-0.2, 0) is 12.3 Å². The first kappa shape index (κ1) is 19.6. The van der Waals surface area contributed by atoms with Crippen molar-refractivity contribution < 1.29 is 4.42 Å². The van der Waals surface area contributed by atoms with E-state index < -0.39 is 0 Å². The van der Waals surface area contributed by atoms with Crippen molar-refractivity contribution in [2.75, 3.05) is 5.73 Å². The number of anilines is 1. The third kappa shape index (κ3) is 4.12. The third-order valence-corrected chi connectivity index (χ3v) is 5.94. The molecule has 3 heterocycles. The molecule has 0 saturated carbocycles. The molecule has 7 nitrogen and oxygen atoms in total. The minimum atomic E-state index is 0.472. The SMILES string of the molecule is Nc1nc(CSc2nnc(-c3ccc(Cl)cc3)n2Cc2ccco2)nc2ccccc12. The summed E-state index contributed by atoms with van der Waals surface area (Å²) in [6.07, 6.45) is 1.65. The number of halogens is 1. The van der Waals surface area contributed by atoms with Gasteiger partial charge >= 0.3 is 0 Å². The molecule has 0 amide bonds. The summed E-state index contributed by atoms with van der Waals surface area (Å²) in [6.45, 7) is 0.501. The van der Waals surface area contributed by atoms with Crippen LogP contribution in [0.5, 0.6) is 0 Å². The lowest BCUT2D eigenvalue weighted by Crippen LogP contribution is -2.04. The minimum Gasteiger partial charge on any atom is -0.467 e. The van der Waals surface area contributed by atoms with E-state index in [-0.39, 0.29) is 0 Å². The van der Waals surface area contributed by atoms with Crippen LogP contribution >= 0.6 is 23.4 Å². The molecule has 0 saturated heterocycles. The molecule has 0 aliphatic heterocycles. The highest BCUT2D eigenvalue weighted by molar-refractivity contribution is 7.98. The number of rotatable bonds is 6. The Morgan fingerprint density at radius 1 is 0.968 bits per heavy atom. The van der Waals surface area contributed by atoms with Crippen molar-refractivity contribution in [2.45, 2.75) is 17.5 Å². The maximum Gasteiger partial charge on any atom is 0.192 e. The summed E-state index contributed by atoms with van der Waals surface area (Å²) in [6, 6.07) is 19.0. The number of nitrogens with zero attached hydrogens (tertiary/aromatic N) is 5. The average molecular weight is 449 g/mol. The van der Waals surface area contributed by atoms with Gasteiger partial charge in [0.25, 0.3) is 0 Å². The summed E-state index contributed by atoms with van der Waals surface area (Å²) < 4.78 is 7.56. The highest BCUT2D eigenvalue weighted by atomic mass is 35.5. The van der Waals surface area contributed by atoms with Gasteiger partial charge in [-0.25, -0.2) is 9.97 Å². The van der Waals surface area contributed by atoms with Crippen molar-refractivity contribution in [2.24, 2.45) is 0 Å². The summed E-state index contributed by atoms with van der Waals surface area (Å²) in [4.78, 5) is 9.08. The van der Waals surface area contributed by atoms with Gasteiger partial charge in [0.2, 0.25) is 0 Å². The highest BCUT2D eigenvalue weighted by Gasteiger charge is 2.17. The fourth-order valence-electron chi connectivity index (χ4n) is 3.25. The van der Waals surface area contributed by atoms with E-state index in [9.17, 15) is 0 Å². The molecule has 3 aromatic heterocycles. The Bertz CT molecular complexity index is 1330. The predicted molar refractivity (Wildman–Crippen MR) is 122 cm³/mol.